The fourth-order valence-corrected chi connectivity index (χ4v) is 3.73. The highest BCUT2D eigenvalue weighted by Gasteiger charge is 2.32. The van der Waals surface area contributed by atoms with Crippen molar-refractivity contribution in [2.45, 2.75) is 36.2 Å². The Bertz CT molecular complexity index is 587. The predicted octanol–water partition coefficient (Wildman–Crippen LogP) is 0.753. The standard InChI is InChI=1S/C11H15N3O4S/c12-8-4-3-5-9(8)13-19(17,18)11-7-2-1-6-10(11)14(15)16/h1-2,6-9,13H,3-5,12H2/t8-,9+/m1/s1. The summed E-state index contributed by atoms with van der Waals surface area (Å²) in [5.41, 5.74) is 5.37. The van der Waals surface area contributed by atoms with Gasteiger partial charge in [0.25, 0.3) is 5.69 Å². The molecule has 19 heavy (non-hydrogen) atoms. The molecule has 0 spiro atoms. The number of para-hydroxylation sites is 1. The average molecular weight is 285 g/mol. The molecule has 2 rings (SSSR count). The van der Waals surface area contributed by atoms with Crippen LogP contribution in [0, 0.1) is 10.1 Å². The quantitative estimate of drug-likeness (QED) is 0.625. The molecule has 0 saturated heterocycles. The van der Waals surface area contributed by atoms with Crippen molar-refractivity contribution in [3.05, 3.63) is 34.4 Å². The number of rotatable bonds is 4. The predicted molar refractivity (Wildman–Crippen MR) is 69.0 cm³/mol. The molecule has 104 valence electrons. The molecule has 1 aromatic carbocycles. The number of nitrogens with zero attached hydrogens (tertiary/aromatic N) is 1. The van der Waals surface area contributed by atoms with Gasteiger partial charge in [-0.25, -0.2) is 13.1 Å². The first-order valence-electron chi connectivity index (χ1n) is 5.93. The van der Waals surface area contributed by atoms with E-state index in [9.17, 15) is 18.5 Å². The van der Waals surface area contributed by atoms with Crippen LogP contribution in [0.4, 0.5) is 5.69 Å². The first-order chi connectivity index (χ1) is 8.92. The van der Waals surface area contributed by atoms with Crippen LogP contribution < -0.4 is 10.5 Å². The molecule has 0 amide bonds. The number of hydrogen-bond acceptors (Lipinski definition) is 5. The number of nitrogens with one attached hydrogen (secondary N) is 1. The Labute approximate surface area is 111 Å². The second-order valence-electron chi connectivity index (χ2n) is 4.55. The van der Waals surface area contributed by atoms with E-state index >= 15 is 0 Å². The molecule has 1 aliphatic carbocycles. The van der Waals surface area contributed by atoms with Crippen LogP contribution in [-0.4, -0.2) is 25.4 Å². The first kappa shape index (κ1) is 13.9. The highest BCUT2D eigenvalue weighted by Crippen LogP contribution is 2.25. The average Bonchev–Trinajstić information content (AvgIpc) is 2.74. The summed E-state index contributed by atoms with van der Waals surface area (Å²) in [6.45, 7) is 0. The van der Waals surface area contributed by atoms with Gasteiger partial charge in [0.1, 0.15) is 0 Å². The van der Waals surface area contributed by atoms with E-state index in [0.717, 1.165) is 12.8 Å². The molecule has 2 atom stereocenters. The molecule has 0 aliphatic heterocycles. The molecule has 3 N–H and O–H groups in total. The molecule has 0 radical (unpaired) electrons. The molecule has 0 heterocycles. The lowest BCUT2D eigenvalue weighted by atomic mass is 10.2. The molecule has 0 aromatic heterocycles. The monoisotopic (exact) mass is 285 g/mol. The maximum atomic E-state index is 12.2. The molecular formula is C11H15N3O4S. The number of nitrogens with two attached hydrogens (primary N) is 1. The minimum absolute atomic E-state index is 0.238. The summed E-state index contributed by atoms with van der Waals surface area (Å²) < 4.78 is 26.8. The Morgan fingerprint density at radius 1 is 1.32 bits per heavy atom. The fourth-order valence-electron chi connectivity index (χ4n) is 2.23. The van der Waals surface area contributed by atoms with Gasteiger partial charge in [-0.3, -0.25) is 10.1 Å². The molecule has 1 aliphatic rings. The van der Waals surface area contributed by atoms with Gasteiger partial charge in [-0.05, 0) is 18.9 Å². The van der Waals surface area contributed by atoms with Gasteiger partial charge in [-0.1, -0.05) is 18.6 Å². The van der Waals surface area contributed by atoms with Crippen LogP contribution in [0.25, 0.3) is 0 Å². The van der Waals surface area contributed by atoms with Crippen LogP contribution in [0.2, 0.25) is 0 Å². The zero-order valence-corrected chi connectivity index (χ0v) is 11.0. The lowest BCUT2D eigenvalue weighted by Crippen LogP contribution is -2.43. The van der Waals surface area contributed by atoms with Gasteiger partial charge in [0.15, 0.2) is 4.90 Å². The van der Waals surface area contributed by atoms with Crippen molar-refractivity contribution in [2.75, 3.05) is 0 Å². The van der Waals surface area contributed by atoms with Crippen molar-refractivity contribution in [2.24, 2.45) is 5.73 Å². The molecule has 1 fully saturated rings. The molecule has 1 aromatic rings. The van der Waals surface area contributed by atoms with Crippen LogP contribution >= 0.6 is 0 Å². The minimum atomic E-state index is -3.92. The third-order valence-electron chi connectivity index (χ3n) is 3.23. The van der Waals surface area contributed by atoms with E-state index in [-0.39, 0.29) is 17.0 Å². The molecule has 7 nitrogen and oxygen atoms in total. The SMILES string of the molecule is N[C@@H]1CCC[C@@H]1NS(=O)(=O)c1ccccc1[N+](=O)[O-]. The second kappa shape index (κ2) is 5.24. The summed E-state index contributed by atoms with van der Waals surface area (Å²) in [7, 11) is -3.92. The van der Waals surface area contributed by atoms with Gasteiger partial charge >= 0.3 is 0 Å². The Morgan fingerprint density at radius 2 is 2.00 bits per heavy atom. The fraction of sp³-hybridized carbons (Fsp3) is 0.455. The maximum absolute atomic E-state index is 12.2. The molecule has 0 unspecified atom stereocenters. The van der Waals surface area contributed by atoms with Crippen LogP contribution in [0.5, 0.6) is 0 Å². The number of hydrogen-bond donors (Lipinski definition) is 2. The van der Waals surface area contributed by atoms with Gasteiger partial charge in [0, 0.05) is 18.2 Å². The van der Waals surface area contributed by atoms with E-state index < -0.39 is 20.6 Å². The normalized spacial score (nSPS) is 23.4. The first-order valence-corrected chi connectivity index (χ1v) is 7.41. The Balaban J connectivity index is 2.32. The number of nitro groups is 1. The lowest BCUT2D eigenvalue weighted by molar-refractivity contribution is -0.387. The van der Waals surface area contributed by atoms with E-state index in [2.05, 4.69) is 4.72 Å². The summed E-state index contributed by atoms with van der Waals surface area (Å²) in [4.78, 5) is 9.83. The van der Waals surface area contributed by atoms with E-state index in [1.165, 1.54) is 24.3 Å². The summed E-state index contributed by atoms with van der Waals surface area (Å²) in [5, 5.41) is 10.9. The van der Waals surface area contributed by atoms with Gasteiger partial charge < -0.3 is 5.73 Å². The zero-order valence-electron chi connectivity index (χ0n) is 10.2. The molecule has 1 saturated carbocycles. The van der Waals surface area contributed by atoms with Crippen molar-refractivity contribution >= 4 is 15.7 Å². The molecular weight excluding hydrogens is 270 g/mol. The van der Waals surface area contributed by atoms with E-state index in [4.69, 9.17) is 5.73 Å². The molecule has 0 bridgehead atoms. The van der Waals surface area contributed by atoms with E-state index in [1.54, 1.807) is 0 Å². The second-order valence-corrected chi connectivity index (χ2v) is 6.23. The topological polar surface area (TPSA) is 115 Å². The zero-order chi connectivity index (χ0) is 14.0. The van der Waals surface area contributed by atoms with Gasteiger partial charge in [0.05, 0.1) is 4.92 Å². The summed E-state index contributed by atoms with van der Waals surface area (Å²) in [6, 6.07) is 4.68. The number of benzene rings is 1. The van der Waals surface area contributed by atoms with Crippen LogP contribution in [0.1, 0.15) is 19.3 Å². The highest BCUT2D eigenvalue weighted by atomic mass is 32.2. The van der Waals surface area contributed by atoms with Gasteiger partial charge in [0.2, 0.25) is 10.0 Å². The van der Waals surface area contributed by atoms with E-state index in [1.807, 2.05) is 0 Å². The highest BCUT2D eigenvalue weighted by molar-refractivity contribution is 7.89. The Morgan fingerprint density at radius 3 is 2.58 bits per heavy atom. The lowest BCUT2D eigenvalue weighted by Gasteiger charge is -2.17. The van der Waals surface area contributed by atoms with E-state index in [0.29, 0.717) is 6.42 Å². The van der Waals surface area contributed by atoms with Crippen LogP contribution in [0.3, 0.4) is 0 Å². The van der Waals surface area contributed by atoms with Crippen molar-refractivity contribution in [3.63, 3.8) is 0 Å². The molecule has 8 heteroatoms. The number of sulfonamides is 1. The summed E-state index contributed by atoms with van der Waals surface area (Å²) in [5.74, 6) is 0. The minimum Gasteiger partial charge on any atom is -0.326 e. The van der Waals surface area contributed by atoms with Crippen molar-refractivity contribution in [1.82, 2.24) is 4.72 Å². The Kier molecular flexibility index (Phi) is 3.83. The van der Waals surface area contributed by atoms with Crippen molar-refractivity contribution < 1.29 is 13.3 Å². The van der Waals surface area contributed by atoms with Crippen molar-refractivity contribution in [3.8, 4) is 0 Å². The van der Waals surface area contributed by atoms with Crippen LogP contribution in [-0.2, 0) is 10.0 Å². The van der Waals surface area contributed by atoms with Crippen molar-refractivity contribution in [1.29, 1.82) is 0 Å². The summed E-state index contributed by atoms with van der Waals surface area (Å²) in [6.07, 6.45) is 2.26. The third kappa shape index (κ3) is 2.91. The van der Waals surface area contributed by atoms with Crippen LogP contribution in [0.15, 0.2) is 29.2 Å². The van der Waals surface area contributed by atoms with Gasteiger partial charge in [-0.2, -0.15) is 0 Å². The Hall–Kier alpha value is -1.51. The third-order valence-corrected chi connectivity index (χ3v) is 4.76. The number of nitro benzene ring substituents is 1. The smallest absolute Gasteiger partial charge is 0.289 e. The maximum Gasteiger partial charge on any atom is 0.289 e. The van der Waals surface area contributed by atoms with Gasteiger partial charge in [-0.15, -0.1) is 0 Å². The summed E-state index contributed by atoms with van der Waals surface area (Å²) >= 11 is 0. The largest absolute Gasteiger partial charge is 0.326 e.